The Balaban J connectivity index is 2.73. The topological polar surface area (TPSA) is 78.2 Å². The Morgan fingerprint density at radius 1 is 1.29 bits per heavy atom. The Hall–Kier alpha value is -1.97. The zero-order valence-electron chi connectivity index (χ0n) is 7.20. The van der Waals surface area contributed by atoms with Gasteiger partial charge in [0.25, 0.3) is 0 Å². The standard InChI is InChI=1S/C10H7NO3/c11-6-4-8(13)9-5(10(6)14)2-1-3-7(9)12/h1-3,11-12H,4H2. The largest absolute Gasteiger partial charge is 0.507 e. The molecule has 1 aliphatic rings. The third-order valence-corrected chi connectivity index (χ3v) is 2.18. The fourth-order valence-electron chi connectivity index (χ4n) is 1.51. The first-order valence-corrected chi connectivity index (χ1v) is 4.08. The quantitative estimate of drug-likeness (QED) is 0.643. The molecule has 4 heteroatoms. The highest BCUT2D eigenvalue weighted by Gasteiger charge is 2.29. The number of hydrogen-bond donors (Lipinski definition) is 2. The fourth-order valence-corrected chi connectivity index (χ4v) is 1.51. The maximum atomic E-state index is 11.4. The number of benzene rings is 1. The summed E-state index contributed by atoms with van der Waals surface area (Å²) in [6.45, 7) is 0. The van der Waals surface area contributed by atoms with Crippen LogP contribution in [0.15, 0.2) is 18.2 Å². The molecule has 70 valence electrons. The number of ketones is 2. The van der Waals surface area contributed by atoms with E-state index in [1.54, 1.807) is 0 Å². The van der Waals surface area contributed by atoms with Crippen LogP contribution in [0, 0.1) is 5.41 Å². The zero-order chi connectivity index (χ0) is 10.3. The molecule has 0 aliphatic heterocycles. The van der Waals surface area contributed by atoms with Crippen LogP contribution in [0.25, 0.3) is 0 Å². The Morgan fingerprint density at radius 3 is 2.71 bits per heavy atom. The van der Waals surface area contributed by atoms with Gasteiger partial charge in [0.15, 0.2) is 5.78 Å². The van der Waals surface area contributed by atoms with Gasteiger partial charge in [0.1, 0.15) is 5.75 Å². The molecule has 0 fully saturated rings. The van der Waals surface area contributed by atoms with Crippen LogP contribution in [-0.2, 0) is 0 Å². The SMILES string of the molecule is N=C1CC(=O)c2c(O)cccc2C1=O. The van der Waals surface area contributed by atoms with Crippen molar-refractivity contribution in [2.75, 3.05) is 0 Å². The number of aromatic hydroxyl groups is 1. The third-order valence-electron chi connectivity index (χ3n) is 2.18. The summed E-state index contributed by atoms with van der Waals surface area (Å²) < 4.78 is 0. The highest BCUT2D eigenvalue weighted by atomic mass is 16.3. The summed E-state index contributed by atoms with van der Waals surface area (Å²) in [4.78, 5) is 22.8. The number of carbonyl (C=O) groups excluding carboxylic acids is 2. The Labute approximate surface area is 79.7 Å². The summed E-state index contributed by atoms with van der Waals surface area (Å²) >= 11 is 0. The first-order valence-electron chi connectivity index (χ1n) is 4.08. The first-order chi connectivity index (χ1) is 6.61. The molecule has 1 aromatic carbocycles. The molecule has 14 heavy (non-hydrogen) atoms. The van der Waals surface area contributed by atoms with E-state index in [0.29, 0.717) is 0 Å². The lowest BCUT2D eigenvalue weighted by Gasteiger charge is -2.14. The van der Waals surface area contributed by atoms with Crippen molar-refractivity contribution < 1.29 is 14.7 Å². The molecule has 0 radical (unpaired) electrons. The number of phenolic OH excluding ortho intramolecular Hbond substituents is 1. The van der Waals surface area contributed by atoms with E-state index in [4.69, 9.17) is 5.41 Å². The lowest BCUT2D eigenvalue weighted by Crippen LogP contribution is -2.26. The van der Waals surface area contributed by atoms with Crippen LogP contribution < -0.4 is 0 Å². The predicted molar refractivity (Wildman–Crippen MR) is 49.1 cm³/mol. The number of carbonyl (C=O) groups is 2. The normalized spacial score (nSPS) is 15.6. The predicted octanol–water partition coefficient (Wildman–Crippen LogP) is 1.18. The molecule has 1 aliphatic carbocycles. The molecule has 4 nitrogen and oxygen atoms in total. The summed E-state index contributed by atoms with van der Waals surface area (Å²) in [6.07, 6.45) is -0.219. The van der Waals surface area contributed by atoms with E-state index in [9.17, 15) is 14.7 Å². The molecular formula is C10H7NO3. The van der Waals surface area contributed by atoms with Gasteiger partial charge in [-0.1, -0.05) is 6.07 Å². The molecule has 0 atom stereocenters. The maximum absolute atomic E-state index is 11.4. The van der Waals surface area contributed by atoms with E-state index in [1.165, 1.54) is 18.2 Å². The fraction of sp³-hybridized carbons (Fsp3) is 0.100. The van der Waals surface area contributed by atoms with Gasteiger partial charge in [0, 0.05) is 5.56 Å². The lowest BCUT2D eigenvalue weighted by atomic mass is 9.88. The van der Waals surface area contributed by atoms with Crippen LogP contribution in [0.2, 0.25) is 0 Å². The summed E-state index contributed by atoms with van der Waals surface area (Å²) in [5.74, 6) is -1.04. The number of nitrogens with one attached hydrogen (secondary N) is 1. The van der Waals surface area contributed by atoms with Crippen molar-refractivity contribution in [3.05, 3.63) is 29.3 Å². The zero-order valence-corrected chi connectivity index (χ0v) is 7.20. The molecule has 0 saturated carbocycles. The van der Waals surface area contributed by atoms with Crippen LogP contribution in [0.4, 0.5) is 0 Å². The second-order valence-corrected chi connectivity index (χ2v) is 3.11. The van der Waals surface area contributed by atoms with E-state index >= 15 is 0 Å². The number of Topliss-reactive ketones (excluding diaryl/α,β-unsaturated/α-hetero) is 2. The van der Waals surface area contributed by atoms with Crippen molar-refractivity contribution in [3.8, 4) is 5.75 Å². The second-order valence-electron chi connectivity index (χ2n) is 3.11. The van der Waals surface area contributed by atoms with E-state index in [2.05, 4.69) is 0 Å². The van der Waals surface area contributed by atoms with Gasteiger partial charge in [-0.2, -0.15) is 0 Å². The monoisotopic (exact) mass is 189 g/mol. The minimum atomic E-state index is -0.476. The minimum Gasteiger partial charge on any atom is -0.507 e. The van der Waals surface area contributed by atoms with Crippen molar-refractivity contribution in [3.63, 3.8) is 0 Å². The minimum absolute atomic E-state index is 0.0495. The van der Waals surface area contributed by atoms with E-state index < -0.39 is 5.78 Å². The van der Waals surface area contributed by atoms with Crippen LogP contribution in [-0.4, -0.2) is 22.4 Å². The molecule has 0 aromatic heterocycles. The molecule has 2 N–H and O–H groups in total. The summed E-state index contributed by atoms with van der Waals surface area (Å²) in [6, 6.07) is 4.29. The molecule has 2 rings (SSSR count). The van der Waals surface area contributed by atoms with Gasteiger partial charge in [0.05, 0.1) is 17.7 Å². The smallest absolute Gasteiger partial charge is 0.207 e. The third kappa shape index (κ3) is 1.04. The number of rotatable bonds is 0. The van der Waals surface area contributed by atoms with Gasteiger partial charge in [-0.3, -0.25) is 9.59 Å². The molecule has 1 aromatic rings. The highest BCUT2D eigenvalue weighted by Crippen LogP contribution is 2.27. The molecule has 0 spiro atoms. The Kier molecular flexibility index (Phi) is 1.70. The van der Waals surface area contributed by atoms with Crippen molar-refractivity contribution in [2.24, 2.45) is 0 Å². The van der Waals surface area contributed by atoms with Crippen molar-refractivity contribution in [1.29, 1.82) is 5.41 Å². The number of phenols is 1. The Bertz CT molecular complexity index is 462. The average Bonchev–Trinajstić information content (AvgIpc) is 2.14. The van der Waals surface area contributed by atoms with Crippen molar-refractivity contribution >= 4 is 17.3 Å². The van der Waals surface area contributed by atoms with Gasteiger partial charge in [-0.05, 0) is 12.1 Å². The first kappa shape index (κ1) is 8.62. The summed E-state index contributed by atoms with van der Waals surface area (Å²) in [5.41, 5.74) is -0.0344. The molecule has 0 unspecified atom stereocenters. The van der Waals surface area contributed by atoms with Crippen molar-refractivity contribution in [2.45, 2.75) is 6.42 Å². The molecular weight excluding hydrogens is 182 g/mol. The van der Waals surface area contributed by atoms with Crippen LogP contribution >= 0.6 is 0 Å². The van der Waals surface area contributed by atoms with Crippen molar-refractivity contribution in [1.82, 2.24) is 0 Å². The second kappa shape index (κ2) is 2.77. The molecule has 0 bridgehead atoms. The summed E-state index contributed by atoms with van der Waals surface area (Å²) in [5, 5.41) is 16.7. The molecule has 0 heterocycles. The van der Waals surface area contributed by atoms with Gasteiger partial charge < -0.3 is 10.5 Å². The van der Waals surface area contributed by atoms with Gasteiger partial charge in [-0.15, -0.1) is 0 Å². The van der Waals surface area contributed by atoms with Crippen LogP contribution in [0.3, 0.4) is 0 Å². The van der Waals surface area contributed by atoms with Crippen LogP contribution in [0.1, 0.15) is 27.1 Å². The number of fused-ring (bicyclic) bond motifs is 1. The van der Waals surface area contributed by atoms with E-state index in [-0.39, 0.29) is 34.8 Å². The lowest BCUT2D eigenvalue weighted by molar-refractivity contribution is 0.0961. The average molecular weight is 189 g/mol. The van der Waals surface area contributed by atoms with Gasteiger partial charge in [-0.25, -0.2) is 0 Å². The summed E-state index contributed by atoms with van der Waals surface area (Å²) in [7, 11) is 0. The highest BCUT2D eigenvalue weighted by molar-refractivity contribution is 6.52. The van der Waals surface area contributed by atoms with Gasteiger partial charge in [0.2, 0.25) is 5.78 Å². The van der Waals surface area contributed by atoms with Crippen LogP contribution in [0.5, 0.6) is 5.75 Å². The molecule has 0 amide bonds. The Morgan fingerprint density at radius 2 is 2.00 bits per heavy atom. The number of hydrogen-bond acceptors (Lipinski definition) is 4. The van der Waals surface area contributed by atoms with E-state index in [1.807, 2.05) is 0 Å². The maximum Gasteiger partial charge on any atom is 0.207 e. The van der Waals surface area contributed by atoms with E-state index in [0.717, 1.165) is 0 Å². The van der Waals surface area contributed by atoms with Gasteiger partial charge >= 0.3 is 0 Å². The molecule has 0 saturated heterocycles.